The van der Waals surface area contributed by atoms with Crippen LogP contribution in [0.3, 0.4) is 0 Å². The first-order chi connectivity index (χ1) is 11.9. The van der Waals surface area contributed by atoms with Gasteiger partial charge in [0, 0.05) is 49.7 Å². The Morgan fingerprint density at radius 1 is 1.24 bits per heavy atom. The molecule has 3 fully saturated rings. The third kappa shape index (κ3) is 4.08. The fourth-order valence-corrected chi connectivity index (χ4v) is 4.70. The number of hydrogen-bond donors (Lipinski definition) is 2. The number of piperidine rings is 1. The molecule has 5 nitrogen and oxygen atoms in total. The minimum absolute atomic E-state index is 0.109. The van der Waals surface area contributed by atoms with Crippen LogP contribution in [-0.2, 0) is 4.74 Å². The predicted octanol–water partition coefficient (Wildman–Crippen LogP) is 2.08. The highest BCUT2D eigenvalue weighted by atomic mass is 19.3. The van der Waals surface area contributed by atoms with Crippen molar-refractivity contribution in [2.24, 2.45) is 16.3 Å². The molecule has 0 aromatic rings. The Hall–Kier alpha value is -0.950. The topological polar surface area (TPSA) is 48.9 Å². The van der Waals surface area contributed by atoms with E-state index in [4.69, 9.17) is 4.74 Å². The van der Waals surface area contributed by atoms with Crippen molar-refractivity contribution in [1.82, 2.24) is 15.5 Å². The molecule has 7 heteroatoms. The summed E-state index contributed by atoms with van der Waals surface area (Å²) < 4.78 is 30.9. The lowest BCUT2D eigenvalue weighted by Gasteiger charge is -2.55. The summed E-state index contributed by atoms with van der Waals surface area (Å²) in [6.07, 6.45) is 0.967. The van der Waals surface area contributed by atoms with Gasteiger partial charge in [-0.3, -0.25) is 9.89 Å². The van der Waals surface area contributed by atoms with Crippen LogP contribution in [0.2, 0.25) is 0 Å². The maximum atomic E-state index is 12.5. The Balaban J connectivity index is 1.52. The molecule has 3 atom stereocenters. The molecule has 1 saturated carbocycles. The van der Waals surface area contributed by atoms with Crippen molar-refractivity contribution in [3.8, 4) is 0 Å². The smallest absolute Gasteiger partial charge is 0.251 e. The number of guanidine groups is 1. The fraction of sp³-hybridized carbons (Fsp3) is 0.944. The molecule has 2 heterocycles. The molecule has 0 spiro atoms. The second kappa shape index (κ2) is 7.74. The first-order valence-electron chi connectivity index (χ1n) is 9.61. The maximum Gasteiger partial charge on any atom is 0.251 e. The Morgan fingerprint density at radius 3 is 2.60 bits per heavy atom. The third-order valence-electron chi connectivity index (χ3n) is 6.03. The van der Waals surface area contributed by atoms with E-state index in [9.17, 15) is 8.78 Å². The molecule has 0 aromatic heterocycles. The molecule has 2 saturated heterocycles. The van der Waals surface area contributed by atoms with Crippen LogP contribution in [0.4, 0.5) is 8.78 Å². The summed E-state index contributed by atoms with van der Waals surface area (Å²) >= 11 is 0. The van der Waals surface area contributed by atoms with Gasteiger partial charge in [-0.2, -0.15) is 0 Å². The lowest BCUT2D eigenvalue weighted by atomic mass is 9.57. The van der Waals surface area contributed by atoms with Gasteiger partial charge in [0.25, 0.3) is 6.43 Å². The van der Waals surface area contributed by atoms with Gasteiger partial charge >= 0.3 is 0 Å². The lowest BCUT2D eigenvalue weighted by Crippen LogP contribution is -2.68. The highest BCUT2D eigenvalue weighted by molar-refractivity contribution is 5.80. The monoisotopic (exact) mass is 358 g/mol. The SMILES string of the molecule is CCN=C(NC1CCN(CC(F)F)CC1)NC1C2CCOC2C1(C)C. The number of nitrogens with zero attached hydrogens (tertiary/aromatic N) is 2. The minimum Gasteiger partial charge on any atom is -0.377 e. The summed E-state index contributed by atoms with van der Waals surface area (Å²) in [5, 5.41) is 7.16. The summed E-state index contributed by atoms with van der Waals surface area (Å²) in [5.41, 5.74) is 0.109. The first kappa shape index (κ1) is 18.8. The van der Waals surface area contributed by atoms with E-state index in [1.54, 1.807) is 0 Å². The normalized spacial score (nSPS) is 33.2. The van der Waals surface area contributed by atoms with E-state index < -0.39 is 6.43 Å². The van der Waals surface area contributed by atoms with Gasteiger partial charge < -0.3 is 15.4 Å². The van der Waals surface area contributed by atoms with Crippen molar-refractivity contribution in [3.63, 3.8) is 0 Å². The molecular weight excluding hydrogens is 326 g/mol. The number of likely N-dealkylation sites (tertiary alicyclic amines) is 1. The van der Waals surface area contributed by atoms with Crippen LogP contribution in [0.5, 0.6) is 0 Å². The number of fused-ring (bicyclic) bond motifs is 1. The van der Waals surface area contributed by atoms with Crippen molar-refractivity contribution < 1.29 is 13.5 Å². The zero-order valence-corrected chi connectivity index (χ0v) is 15.6. The lowest BCUT2D eigenvalue weighted by molar-refractivity contribution is -0.106. The van der Waals surface area contributed by atoms with Crippen LogP contribution in [0, 0.1) is 11.3 Å². The van der Waals surface area contributed by atoms with Gasteiger partial charge in [0.1, 0.15) is 0 Å². The molecule has 0 amide bonds. The first-order valence-corrected chi connectivity index (χ1v) is 9.61. The minimum atomic E-state index is -2.24. The zero-order chi connectivity index (χ0) is 18.0. The zero-order valence-electron chi connectivity index (χ0n) is 15.6. The Labute approximate surface area is 149 Å². The van der Waals surface area contributed by atoms with Gasteiger partial charge in [-0.05, 0) is 26.2 Å². The van der Waals surface area contributed by atoms with E-state index in [0.29, 0.717) is 24.1 Å². The molecule has 2 aliphatic heterocycles. The number of aliphatic imine (C=N–C) groups is 1. The Bertz CT molecular complexity index is 478. The standard InChI is InChI=1S/C18H32F2N4O/c1-4-21-17(22-12-5-8-24(9-6-12)11-14(19)20)23-15-13-7-10-25-16(13)18(15,2)3/h12-16H,4-11H2,1-3H3,(H2,21,22,23). The van der Waals surface area contributed by atoms with Crippen LogP contribution in [-0.4, -0.2) is 68.3 Å². The molecule has 3 rings (SSSR count). The van der Waals surface area contributed by atoms with Crippen molar-refractivity contribution >= 4 is 5.96 Å². The van der Waals surface area contributed by atoms with Crippen molar-refractivity contribution in [2.45, 2.75) is 64.6 Å². The van der Waals surface area contributed by atoms with E-state index in [0.717, 1.165) is 51.5 Å². The average molecular weight is 358 g/mol. The van der Waals surface area contributed by atoms with E-state index >= 15 is 0 Å². The summed E-state index contributed by atoms with van der Waals surface area (Å²) in [6, 6.07) is 0.669. The number of hydrogen-bond acceptors (Lipinski definition) is 3. The van der Waals surface area contributed by atoms with Crippen LogP contribution < -0.4 is 10.6 Å². The second-order valence-corrected chi connectivity index (χ2v) is 8.12. The molecule has 144 valence electrons. The van der Waals surface area contributed by atoms with Crippen molar-refractivity contribution in [3.05, 3.63) is 0 Å². The molecule has 3 aliphatic rings. The van der Waals surface area contributed by atoms with Crippen LogP contribution in [0.1, 0.15) is 40.0 Å². The molecule has 0 bridgehead atoms. The molecule has 0 radical (unpaired) electrons. The van der Waals surface area contributed by atoms with Gasteiger partial charge in [-0.1, -0.05) is 13.8 Å². The quantitative estimate of drug-likeness (QED) is 0.584. The number of rotatable bonds is 5. The third-order valence-corrected chi connectivity index (χ3v) is 6.03. The molecule has 3 unspecified atom stereocenters. The van der Waals surface area contributed by atoms with Crippen molar-refractivity contribution in [1.29, 1.82) is 0 Å². The highest BCUT2D eigenvalue weighted by Gasteiger charge is 2.59. The fourth-order valence-electron chi connectivity index (χ4n) is 4.70. The van der Waals surface area contributed by atoms with Gasteiger partial charge in [0.15, 0.2) is 5.96 Å². The summed E-state index contributed by atoms with van der Waals surface area (Å²) in [5.74, 6) is 1.42. The molecule has 0 aromatic carbocycles. The molecule has 25 heavy (non-hydrogen) atoms. The van der Waals surface area contributed by atoms with E-state index in [1.807, 2.05) is 11.8 Å². The average Bonchev–Trinajstić information content (AvgIpc) is 3.01. The van der Waals surface area contributed by atoms with Crippen LogP contribution in [0.15, 0.2) is 4.99 Å². The van der Waals surface area contributed by atoms with E-state index in [-0.39, 0.29) is 12.0 Å². The van der Waals surface area contributed by atoms with Gasteiger partial charge in [-0.25, -0.2) is 8.78 Å². The van der Waals surface area contributed by atoms with Gasteiger partial charge in [0.05, 0.1) is 12.6 Å². The number of nitrogens with one attached hydrogen (secondary N) is 2. The molecule has 2 N–H and O–H groups in total. The Kier molecular flexibility index (Phi) is 5.83. The van der Waals surface area contributed by atoms with Gasteiger partial charge in [0.2, 0.25) is 0 Å². The summed E-state index contributed by atoms with van der Waals surface area (Å²) in [7, 11) is 0. The van der Waals surface area contributed by atoms with Gasteiger partial charge in [-0.15, -0.1) is 0 Å². The summed E-state index contributed by atoms with van der Waals surface area (Å²) in [4.78, 5) is 6.46. The highest BCUT2D eigenvalue weighted by Crippen LogP contribution is 2.52. The van der Waals surface area contributed by atoms with Crippen LogP contribution >= 0.6 is 0 Å². The molecular formula is C18H32F2N4O. The number of ether oxygens (including phenoxy) is 1. The number of halogens is 2. The summed E-state index contributed by atoms with van der Waals surface area (Å²) in [6.45, 7) is 9.43. The number of alkyl halides is 2. The predicted molar refractivity (Wildman–Crippen MR) is 95.1 cm³/mol. The van der Waals surface area contributed by atoms with E-state index in [2.05, 4.69) is 29.5 Å². The molecule has 1 aliphatic carbocycles. The maximum absolute atomic E-state index is 12.5. The van der Waals surface area contributed by atoms with Crippen molar-refractivity contribution in [2.75, 3.05) is 32.8 Å². The Morgan fingerprint density at radius 2 is 1.96 bits per heavy atom. The largest absolute Gasteiger partial charge is 0.377 e. The van der Waals surface area contributed by atoms with E-state index in [1.165, 1.54) is 0 Å². The second-order valence-electron chi connectivity index (χ2n) is 8.12. The van der Waals surface area contributed by atoms with Crippen LogP contribution in [0.25, 0.3) is 0 Å².